The number of nitro groups is 1. The van der Waals surface area contributed by atoms with Crippen molar-refractivity contribution in [2.24, 2.45) is 0 Å². The lowest BCUT2D eigenvalue weighted by Gasteiger charge is -2.11. The van der Waals surface area contributed by atoms with E-state index in [9.17, 15) is 14.3 Å². The third-order valence-electron chi connectivity index (χ3n) is 2.80. The van der Waals surface area contributed by atoms with Crippen LogP contribution >= 0.6 is 11.3 Å². The Labute approximate surface area is 116 Å². The van der Waals surface area contributed by atoms with Gasteiger partial charge in [0.1, 0.15) is 5.69 Å². The van der Waals surface area contributed by atoms with E-state index in [1.807, 2.05) is 6.92 Å². The predicted molar refractivity (Wildman–Crippen MR) is 78.3 cm³/mol. The fourth-order valence-electron chi connectivity index (χ4n) is 1.62. The molecule has 6 nitrogen and oxygen atoms in total. The van der Waals surface area contributed by atoms with Crippen LogP contribution in [0.3, 0.4) is 0 Å². The Morgan fingerprint density at radius 3 is 2.95 bits per heavy atom. The number of fused-ring (bicyclic) bond motifs is 1. The topological polar surface area (TPSA) is 85.1 Å². The molecule has 19 heavy (non-hydrogen) atoms. The minimum atomic E-state index is -0.967. The summed E-state index contributed by atoms with van der Waals surface area (Å²) >= 11 is 1.36. The summed E-state index contributed by atoms with van der Waals surface area (Å²) in [5.41, 5.74) is 2.38. The zero-order valence-corrected chi connectivity index (χ0v) is 12.1. The molecular weight excluding hydrogens is 286 g/mol. The first kappa shape index (κ1) is 13.9. The monoisotopic (exact) mass is 299 g/mol. The van der Waals surface area contributed by atoms with Gasteiger partial charge in [-0.05, 0) is 19.1 Å². The number of rotatable bonds is 5. The molecule has 1 aromatic heterocycles. The number of nitrogens with one attached hydrogen (secondary N) is 1. The molecule has 0 amide bonds. The van der Waals surface area contributed by atoms with Crippen molar-refractivity contribution in [3.8, 4) is 0 Å². The van der Waals surface area contributed by atoms with Gasteiger partial charge in [0.25, 0.3) is 0 Å². The smallest absolute Gasteiger partial charge is 0.319 e. The van der Waals surface area contributed by atoms with Crippen molar-refractivity contribution >= 4 is 43.7 Å². The van der Waals surface area contributed by atoms with Crippen LogP contribution in [0.1, 0.15) is 6.92 Å². The second-order valence-corrected chi connectivity index (χ2v) is 6.80. The van der Waals surface area contributed by atoms with Gasteiger partial charge in [-0.2, -0.15) is 0 Å². The molecule has 0 bridgehead atoms. The van der Waals surface area contributed by atoms with Crippen molar-refractivity contribution in [1.82, 2.24) is 4.98 Å². The maximum atomic E-state index is 11.3. The van der Waals surface area contributed by atoms with Crippen molar-refractivity contribution in [3.63, 3.8) is 0 Å². The summed E-state index contributed by atoms with van der Waals surface area (Å²) in [5.74, 6) is 0. The van der Waals surface area contributed by atoms with E-state index in [1.54, 1.807) is 23.9 Å². The number of thiazole rings is 1. The molecular formula is C11H13N3O3S2. The molecule has 2 rings (SSSR count). The van der Waals surface area contributed by atoms with E-state index in [0.29, 0.717) is 17.7 Å². The van der Waals surface area contributed by atoms with Gasteiger partial charge in [0.15, 0.2) is 5.52 Å². The molecule has 0 fully saturated rings. The Hall–Kier alpha value is -1.54. The molecule has 102 valence electrons. The molecule has 0 aliphatic heterocycles. The van der Waals surface area contributed by atoms with Crippen LogP contribution in [0.15, 0.2) is 17.6 Å². The minimum Gasteiger partial charge on any atom is -0.378 e. The fourth-order valence-corrected chi connectivity index (χ4v) is 2.61. The molecule has 2 atom stereocenters. The molecule has 1 N–H and O–H groups in total. The normalized spacial score (nSPS) is 14.2. The first-order valence-corrected chi connectivity index (χ1v) is 8.07. The molecule has 2 unspecified atom stereocenters. The Morgan fingerprint density at radius 1 is 1.58 bits per heavy atom. The largest absolute Gasteiger partial charge is 0.378 e. The SMILES string of the molecule is CC(CNc1ccc2scnc2c1[N+](=O)[O-])S(C)=O. The zero-order chi connectivity index (χ0) is 14.0. The highest BCUT2D eigenvalue weighted by atomic mass is 32.2. The predicted octanol–water partition coefficient (Wildman–Crippen LogP) is 2.38. The molecule has 0 aliphatic rings. The number of nitro benzene ring substituents is 1. The van der Waals surface area contributed by atoms with E-state index < -0.39 is 15.7 Å². The van der Waals surface area contributed by atoms with Gasteiger partial charge in [-0.1, -0.05) is 0 Å². The fraction of sp³-hybridized carbons (Fsp3) is 0.364. The maximum Gasteiger partial charge on any atom is 0.319 e. The number of benzene rings is 1. The number of aromatic nitrogens is 1. The number of hydrogen-bond donors (Lipinski definition) is 1. The van der Waals surface area contributed by atoms with Crippen LogP contribution in [-0.2, 0) is 10.8 Å². The molecule has 0 saturated heterocycles. The van der Waals surface area contributed by atoms with Gasteiger partial charge >= 0.3 is 5.69 Å². The Balaban J connectivity index is 2.34. The van der Waals surface area contributed by atoms with Crippen LogP contribution in [-0.4, -0.2) is 32.2 Å². The van der Waals surface area contributed by atoms with Crippen LogP contribution in [0, 0.1) is 10.1 Å². The van der Waals surface area contributed by atoms with E-state index in [-0.39, 0.29) is 10.9 Å². The van der Waals surface area contributed by atoms with Gasteiger partial charge in [-0.25, -0.2) is 4.98 Å². The molecule has 0 radical (unpaired) electrons. The lowest BCUT2D eigenvalue weighted by molar-refractivity contribution is -0.382. The van der Waals surface area contributed by atoms with Gasteiger partial charge < -0.3 is 5.32 Å². The molecule has 0 aliphatic carbocycles. The summed E-state index contributed by atoms with van der Waals surface area (Å²) in [5, 5.41) is 14.1. The third-order valence-corrected chi connectivity index (χ3v) is 4.90. The van der Waals surface area contributed by atoms with E-state index in [1.165, 1.54) is 11.3 Å². The van der Waals surface area contributed by atoms with Crippen LogP contribution in [0.5, 0.6) is 0 Å². The third kappa shape index (κ3) is 2.90. The summed E-state index contributed by atoms with van der Waals surface area (Å²) in [4.78, 5) is 14.8. The van der Waals surface area contributed by atoms with Gasteiger partial charge in [-0.15, -0.1) is 11.3 Å². The molecule has 0 spiro atoms. The molecule has 0 saturated carbocycles. The highest BCUT2D eigenvalue weighted by Gasteiger charge is 2.21. The summed E-state index contributed by atoms with van der Waals surface area (Å²) in [7, 11) is -0.967. The first-order chi connectivity index (χ1) is 9.00. The number of nitrogens with zero attached hydrogens (tertiary/aromatic N) is 2. The van der Waals surface area contributed by atoms with Crippen molar-refractivity contribution < 1.29 is 9.13 Å². The summed E-state index contributed by atoms with van der Waals surface area (Å²) in [6, 6.07) is 3.47. The van der Waals surface area contributed by atoms with E-state index in [0.717, 1.165) is 4.70 Å². The summed E-state index contributed by atoms with van der Waals surface area (Å²) in [6.07, 6.45) is 1.62. The average Bonchev–Trinajstić information content (AvgIpc) is 2.82. The van der Waals surface area contributed by atoms with Crippen molar-refractivity contribution in [3.05, 3.63) is 27.8 Å². The van der Waals surface area contributed by atoms with Gasteiger partial charge in [0.05, 0.1) is 15.1 Å². The molecule has 1 heterocycles. The zero-order valence-electron chi connectivity index (χ0n) is 10.5. The van der Waals surface area contributed by atoms with Crippen LogP contribution < -0.4 is 5.32 Å². The van der Waals surface area contributed by atoms with Crippen molar-refractivity contribution in [2.75, 3.05) is 18.1 Å². The lowest BCUT2D eigenvalue weighted by Crippen LogP contribution is -2.21. The van der Waals surface area contributed by atoms with E-state index in [2.05, 4.69) is 10.3 Å². The van der Waals surface area contributed by atoms with Crippen LogP contribution in [0.4, 0.5) is 11.4 Å². The first-order valence-electron chi connectivity index (χ1n) is 5.57. The van der Waals surface area contributed by atoms with Crippen molar-refractivity contribution in [1.29, 1.82) is 0 Å². The molecule has 8 heteroatoms. The van der Waals surface area contributed by atoms with Crippen molar-refractivity contribution in [2.45, 2.75) is 12.2 Å². The second kappa shape index (κ2) is 5.62. The quantitative estimate of drug-likeness (QED) is 0.676. The Kier molecular flexibility index (Phi) is 4.11. The number of hydrogen-bond acceptors (Lipinski definition) is 6. The van der Waals surface area contributed by atoms with Gasteiger partial charge in [0.2, 0.25) is 0 Å². The average molecular weight is 299 g/mol. The maximum absolute atomic E-state index is 11.3. The van der Waals surface area contributed by atoms with Gasteiger partial charge in [0, 0.05) is 28.9 Å². The second-order valence-electron chi connectivity index (χ2n) is 4.11. The highest BCUT2D eigenvalue weighted by Crippen LogP contribution is 2.34. The van der Waals surface area contributed by atoms with Crippen LogP contribution in [0.25, 0.3) is 10.2 Å². The highest BCUT2D eigenvalue weighted by molar-refractivity contribution is 7.84. The Morgan fingerprint density at radius 2 is 2.32 bits per heavy atom. The lowest BCUT2D eigenvalue weighted by atomic mass is 10.2. The minimum absolute atomic E-state index is 0.0205. The Bertz CT molecular complexity index is 641. The summed E-state index contributed by atoms with van der Waals surface area (Å²) < 4.78 is 12.1. The summed E-state index contributed by atoms with van der Waals surface area (Å²) in [6.45, 7) is 2.25. The van der Waals surface area contributed by atoms with E-state index in [4.69, 9.17) is 0 Å². The van der Waals surface area contributed by atoms with E-state index >= 15 is 0 Å². The standard InChI is InChI=1S/C11H13N3O3S2/c1-7(19(2)17)5-12-8-3-4-9-10(13-6-18-9)11(8)14(15)16/h3-4,6-7,12H,5H2,1-2H3. The molecule has 2 aromatic rings. The van der Waals surface area contributed by atoms with Crippen LogP contribution in [0.2, 0.25) is 0 Å². The number of anilines is 1. The van der Waals surface area contributed by atoms with Gasteiger partial charge in [-0.3, -0.25) is 14.3 Å². The molecule has 1 aromatic carbocycles.